The van der Waals surface area contributed by atoms with E-state index in [1.807, 2.05) is 24.4 Å². The molecular formula is C13H21NO. The molecule has 1 heterocycles. The molecule has 2 heteroatoms. The van der Waals surface area contributed by atoms with E-state index in [1.165, 1.54) is 6.42 Å². The summed E-state index contributed by atoms with van der Waals surface area (Å²) in [5.41, 5.74) is 1.07. The maximum Gasteiger partial charge on any atom is 0.0994 e. The minimum absolute atomic E-state index is 0.183. The average Bonchev–Trinajstić information content (AvgIpc) is 2.29. The average molecular weight is 207 g/mol. The zero-order valence-corrected chi connectivity index (χ0v) is 9.78. The van der Waals surface area contributed by atoms with Crippen molar-refractivity contribution in [3.63, 3.8) is 0 Å². The highest BCUT2D eigenvalue weighted by Crippen LogP contribution is 2.20. The molecular weight excluding hydrogens is 186 g/mol. The zero-order valence-electron chi connectivity index (χ0n) is 9.78. The molecule has 0 saturated carbocycles. The first-order valence-electron chi connectivity index (χ1n) is 5.91. The van der Waals surface area contributed by atoms with E-state index < -0.39 is 0 Å². The van der Waals surface area contributed by atoms with Crippen LogP contribution in [-0.4, -0.2) is 11.6 Å². The van der Waals surface area contributed by atoms with Crippen LogP contribution >= 0.6 is 0 Å². The molecule has 0 aromatic carbocycles. The Bertz CT molecular complexity index is 248. The van der Waals surface area contributed by atoms with Crippen molar-refractivity contribution in [1.82, 2.24) is 4.98 Å². The predicted octanol–water partition coefficient (Wildman–Crippen LogP) is 3.74. The number of rotatable bonds is 7. The molecule has 0 aliphatic carbocycles. The summed E-state index contributed by atoms with van der Waals surface area (Å²) in [6, 6.07) is 6.01. The van der Waals surface area contributed by atoms with Gasteiger partial charge in [0.1, 0.15) is 0 Å². The molecule has 0 aliphatic heterocycles. The van der Waals surface area contributed by atoms with Crippen LogP contribution in [0.15, 0.2) is 24.4 Å². The van der Waals surface area contributed by atoms with E-state index in [4.69, 9.17) is 4.74 Å². The van der Waals surface area contributed by atoms with Crippen LogP contribution in [0.1, 0.15) is 51.3 Å². The van der Waals surface area contributed by atoms with Crippen molar-refractivity contribution >= 4 is 0 Å². The summed E-state index contributed by atoms with van der Waals surface area (Å²) in [6.45, 7) is 5.20. The molecule has 1 atom stereocenters. The number of nitrogens with zero attached hydrogens (tertiary/aromatic N) is 1. The number of pyridine rings is 1. The molecule has 0 radical (unpaired) electrons. The Labute approximate surface area is 92.7 Å². The second kappa shape index (κ2) is 7.41. The Kier molecular flexibility index (Phi) is 6.02. The monoisotopic (exact) mass is 207 g/mol. The molecule has 1 aromatic rings. The first-order valence-corrected chi connectivity index (χ1v) is 5.91. The van der Waals surface area contributed by atoms with Crippen molar-refractivity contribution in [2.24, 2.45) is 0 Å². The molecule has 0 fully saturated rings. The van der Waals surface area contributed by atoms with E-state index in [-0.39, 0.29) is 6.10 Å². The number of hydrogen-bond acceptors (Lipinski definition) is 2. The minimum Gasteiger partial charge on any atom is -0.372 e. The maximum absolute atomic E-state index is 5.85. The highest BCUT2D eigenvalue weighted by atomic mass is 16.5. The third kappa shape index (κ3) is 4.43. The third-order valence-electron chi connectivity index (χ3n) is 2.39. The van der Waals surface area contributed by atoms with E-state index in [1.54, 1.807) is 0 Å². The second-order valence-corrected chi connectivity index (χ2v) is 3.76. The van der Waals surface area contributed by atoms with Crippen LogP contribution in [0.2, 0.25) is 0 Å². The fourth-order valence-corrected chi connectivity index (χ4v) is 1.52. The van der Waals surface area contributed by atoms with Crippen molar-refractivity contribution in [3.8, 4) is 0 Å². The Morgan fingerprint density at radius 1 is 1.27 bits per heavy atom. The molecule has 0 bridgehead atoms. The normalized spacial score (nSPS) is 12.7. The molecule has 1 rings (SSSR count). The van der Waals surface area contributed by atoms with Gasteiger partial charge in [-0.3, -0.25) is 4.98 Å². The number of unbranched alkanes of at least 4 members (excludes halogenated alkanes) is 1. The first kappa shape index (κ1) is 12.2. The van der Waals surface area contributed by atoms with Gasteiger partial charge < -0.3 is 4.74 Å². The Balaban J connectivity index is 2.50. The molecule has 84 valence electrons. The van der Waals surface area contributed by atoms with Gasteiger partial charge in [0.2, 0.25) is 0 Å². The topological polar surface area (TPSA) is 22.1 Å². The molecule has 15 heavy (non-hydrogen) atoms. The van der Waals surface area contributed by atoms with Gasteiger partial charge in [0, 0.05) is 12.8 Å². The van der Waals surface area contributed by atoms with E-state index in [0.717, 1.165) is 31.6 Å². The highest BCUT2D eigenvalue weighted by molar-refractivity contribution is 5.06. The lowest BCUT2D eigenvalue weighted by Gasteiger charge is -2.16. The Morgan fingerprint density at radius 2 is 2.13 bits per heavy atom. The van der Waals surface area contributed by atoms with Gasteiger partial charge in [0.15, 0.2) is 0 Å². The molecule has 1 unspecified atom stereocenters. The zero-order chi connectivity index (χ0) is 10.9. The van der Waals surface area contributed by atoms with Crippen LogP contribution in [-0.2, 0) is 4.74 Å². The van der Waals surface area contributed by atoms with Gasteiger partial charge in [0.05, 0.1) is 11.8 Å². The van der Waals surface area contributed by atoms with Gasteiger partial charge in [-0.15, -0.1) is 0 Å². The summed E-state index contributed by atoms with van der Waals surface area (Å²) in [5.74, 6) is 0. The smallest absolute Gasteiger partial charge is 0.0994 e. The van der Waals surface area contributed by atoms with Gasteiger partial charge in [0.25, 0.3) is 0 Å². The summed E-state index contributed by atoms with van der Waals surface area (Å²) in [6.07, 6.45) is 6.52. The fourth-order valence-electron chi connectivity index (χ4n) is 1.52. The molecule has 0 spiro atoms. The molecule has 0 aliphatic rings. The summed E-state index contributed by atoms with van der Waals surface area (Å²) in [7, 11) is 0. The van der Waals surface area contributed by atoms with Crippen LogP contribution < -0.4 is 0 Å². The van der Waals surface area contributed by atoms with Crippen LogP contribution in [0, 0.1) is 0 Å². The molecule has 1 aromatic heterocycles. The molecule has 2 nitrogen and oxygen atoms in total. The number of hydrogen-bond donors (Lipinski definition) is 0. The lowest BCUT2D eigenvalue weighted by atomic mass is 10.1. The molecule has 0 saturated heterocycles. The van der Waals surface area contributed by atoms with E-state index in [0.29, 0.717) is 0 Å². The van der Waals surface area contributed by atoms with E-state index in [9.17, 15) is 0 Å². The molecule has 0 amide bonds. The summed E-state index contributed by atoms with van der Waals surface area (Å²) in [4.78, 5) is 4.35. The second-order valence-electron chi connectivity index (χ2n) is 3.76. The lowest BCUT2D eigenvalue weighted by molar-refractivity contribution is 0.0414. The number of ether oxygens (including phenoxy) is 1. The quantitative estimate of drug-likeness (QED) is 0.635. The minimum atomic E-state index is 0.183. The van der Waals surface area contributed by atoms with E-state index >= 15 is 0 Å². The van der Waals surface area contributed by atoms with Crippen LogP contribution in [0.5, 0.6) is 0 Å². The van der Waals surface area contributed by atoms with Crippen molar-refractivity contribution in [1.29, 1.82) is 0 Å². The summed E-state index contributed by atoms with van der Waals surface area (Å²) in [5, 5.41) is 0. The van der Waals surface area contributed by atoms with E-state index in [2.05, 4.69) is 18.8 Å². The first-order chi connectivity index (χ1) is 7.38. The molecule has 0 N–H and O–H groups in total. The maximum atomic E-state index is 5.85. The largest absolute Gasteiger partial charge is 0.372 e. The summed E-state index contributed by atoms with van der Waals surface area (Å²) < 4.78 is 5.85. The van der Waals surface area contributed by atoms with Gasteiger partial charge in [-0.25, -0.2) is 0 Å². The van der Waals surface area contributed by atoms with Crippen molar-refractivity contribution < 1.29 is 4.74 Å². The Hall–Kier alpha value is -0.890. The number of aromatic nitrogens is 1. The van der Waals surface area contributed by atoms with Crippen molar-refractivity contribution in [3.05, 3.63) is 30.1 Å². The van der Waals surface area contributed by atoms with Crippen LogP contribution in [0.4, 0.5) is 0 Å². The third-order valence-corrected chi connectivity index (χ3v) is 2.39. The fraction of sp³-hybridized carbons (Fsp3) is 0.615. The van der Waals surface area contributed by atoms with Gasteiger partial charge in [-0.1, -0.05) is 32.8 Å². The van der Waals surface area contributed by atoms with Crippen molar-refractivity contribution in [2.45, 2.75) is 45.6 Å². The van der Waals surface area contributed by atoms with Crippen LogP contribution in [0.25, 0.3) is 0 Å². The highest BCUT2D eigenvalue weighted by Gasteiger charge is 2.11. The Morgan fingerprint density at radius 3 is 2.73 bits per heavy atom. The lowest BCUT2D eigenvalue weighted by Crippen LogP contribution is -2.07. The van der Waals surface area contributed by atoms with Gasteiger partial charge in [-0.2, -0.15) is 0 Å². The van der Waals surface area contributed by atoms with Crippen molar-refractivity contribution in [2.75, 3.05) is 6.61 Å². The van der Waals surface area contributed by atoms with Crippen LogP contribution in [0.3, 0.4) is 0 Å². The summed E-state index contributed by atoms with van der Waals surface area (Å²) >= 11 is 0. The van der Waals surface area contributed by atoms with Gasteiger partial charge >= 0.3 is 0 Å². The standard InChI is InChI=1S/C13H21NO/c1-3-5-11-15-13(8-4-2)12-9-6-7-10-14-12/h6-7,9-10,13H,3-5,8,11H2,1-2H3. The predicted molar refractivity (Wildman–Crippen MR) is 62.7 cm³/mol. The SMILES string of the molecule is CCCCOC(CCC)c1ccccn1. The van der Waals surface area contributed by atoms with Gasteiger partial charge in [-0.05, 0) is 25.0 Å².